The highest BCUT2D eigenvalue weighted by atomic mass is 19.4. The quantitative estimate of drug-likeness (QED) is 0.394. The minimum atomic E-state index is -4.99. The van der Waals surface area contributed by atoms with Crippen LogP contribution >= 0.6 is 0 Å². The zero-order valence-corrected chi connectivity index (χ0v) is 19.6. The molecule has 0 radical (unpaired) electrons. The van der Waals surface area contributed by atoms with Crippen LogP contribution in [0.1, 0.15) is 54.7 Å². The van der Waals surface area contributed by atoms with Crippen LogP contribution in [0, 0.1) is 5.82 Å². The summed E-state index contributed by atoms with van der Waals surface area (Å²) in [5.41, 5.74) is -3.19. The van der Waals surface area contributed by atoms with Gasteiger partial charge in [0, 0.05) is 40.7 Å². The number of amides is 1. The summed E-state index contributed by atoms with van der Waals surface area (Å²) in [7, 11) is 2.83. The summed E-state index contributed by atoms with van der Waals surface area (Å²) in [6, 6.07) is 9.86. The zero-order chi connectivity index (χ0) is 25.5. The Labute approximate surface area is 195 Å². The number of fused-ring (bicyclic) bond motifs is 1. The predicted molar refractivity (Wildman–Crippen MR) is 122 cm³/mol. The Balaban J connectivity index is 2.05. The number of carbonyl (C=O) groups excluding carboxylic acids is 1. The fourth-order valence-corrected chi connectivity index (χ4v) is 4.41. The third-order valence-corrected chi connectivity index (χ3v) is 6.41. The number of halogens is 4. The van der Waals surface area contributed by atoms with Gasteiger partial charge in [-0.25, -0.2) is 4.39 Å². The maximum atomic E-state index is 14.4. The normalized spacial score (nSPS) is 15.1. The molecule has 2 atom stereocenters. The van der Waals surface area contributed by atoms with Crippen molar-refractivity contribution in [1.29, 1.82) is 0 Å². The summed E-state index contributed by atoms with van der Waals surface area (Å²) in [5, 5.41) is 14.2. The molecular formula is C25H28F4N2O3. The lowest BCUT2D eigenvalue weighted by Gasteiger charge is -2.41. The fraction of sp³-hybridized carbons (Fsp3) is 0.400. The SMILES string of the molecule is CNC(=O)c1ccc2[nH]c(C(C)C(O)(CC(C)(C)c3cc(F)ccc3OC)C(F)(F)F)cc2c1. The van der Waals surface area contributed by atoms with Gasteiger partial charge in [0.2, 0.25) is 0 Å². The zero-order valence-electron chi connectivity index (χ0n) is 19.6. The Hall–Kier alpha value is -3.07. The van der Waals surface area contributed by atoms with Gasteiger partial charge in [-0.1, -0.05) is 20.8 Å². The van der Waals surface area contributed by atoms with Crippen LogP contribution in [0.15, 0.2) is 42.5 Å². The second-order valence-electron chi connectivity index (χ2n) is 9.15. The molecule has 3 N–H and O–H groups in total. The van der Waals surface area contributed by atoms with Crippen LogP contribution < -0.4 is 10.1 Å². The van der Waals surface area contributed by atoms with E-state index in [2.05, 4.69) is 10.3 Å². The van der Waals surface area contributed by atoms with Crippen molar-refractivity contribution in [2.24, 2.45) is 0 Å². The van der Waals surface area contributed by atoms with Crippen LogP contribution in [0.5, 0.6) is 5.75 Å². The first-order valence-corrected chi connectivity index (χ1v) is 10.7. The van der Waals surface area contributed by atoms with Gasteiger partial charge in [-0.2, -0.15) is 13.2 Å². The van der Waals surface area contributed by atoms with Crippen molar-refractivity contribution in [3.8, 4) is 5.75 Å². The fourth-order valence-electron chi connectivity index (χ4n) is 4.41. The number of H-pyrrole nitrogens is 1. The Kier molecular flexibility index (Phi) is 6.72. The number of hydrogen-bond acceptors (Lipinski definition) is 3. The average molecular weight is 481 g/mol. The molecule has 9 heteroatoms. The molecule has 3 rings (SSSR count). The molecule has 0 saturated heterocycles. The summed E-state index contributed by atoms with van der Waals surface area (Å²) in [6.07, 6.45) is -5.74. The van der Waals surface area contributed by atoms with Crippen molar-refractivity contribution in [1.82, 2.24) is 10.3 Å². The van der Waals surface area contributed by atoms with E-state index in [1.807, 2.05) is 0 Å². The van der Waals surface area contributed by atoms with E-state index in [1.165, 1.54) is 47.1 Å². The number of aliphatic hydroxyl groups is 1. The van der Waals surface area contributed by atoms with Gasteiger partial charge in [0.25, 0.3) is 5.91 Å². The highest BCUT2D eigenvalue weighted by Gasteiger charge is 2.59. The Morgan fingerprint density at radius 3 is 2.41 bits per heavy atom. The third-order valence-electron chi connectivity index (χ3n) is 6.41. The van der Waals surface area contributed by atoms with E-state index >= 15 is 0 Å². The van der Waals surface area contributed by atoms with Crippen molar-refractivity contribution in [3.63, 3.8) is 0 Å². The van der Waals surface area contributed by atoms with Crippen molar-refractivity contribution in [3.05, 3.63) is 65.1 Å². The Morgan fingerprint density at radius 1 is 1.15 bits per heavy atom. The van der Waals surface area contributed by atoms with E-state index in [9.17, 15) is 27.5 Å². The van der Waals surface area contributed by atoms with Gasteiger partial charge in [-0.05, 0) is 54.3 Å². The van der Waals surface area contributed by atoms with Gasteiger partial charge in [-0.15, -0.1) is 0 Å². The molecule has 0 fully saturated rings. The van der Waals surface area contributed by atoms with Crippen LogP contribution in [0.25, 0.3) is 10.9 Å². The van der Waals surface area contributed by atoms with Crippen molar-refractivity contribution < 1.29 is 32.2 Å². The van der Waals surface area contributed by atoms with E-state index < -0.39 is 35.3 Å². The predicted octanol–water partition coefficient (Wildman–Crippen LogP) is 5.44. The molecule has 1 amide bonds. The topological polar surface area (TPSA) is 74.4 Å². The first-order chi connectivity index (χ1) is 15.7. The summed E-state index contributed by atoms with van der Waals surface area (Å²) >= 11 is 0. The maximum absolute atomic E-state index is 14.4. The molecular weight excluding hydrogens is 452 g/mol. The van der Waals surface area contributed by atoms with E-state index in [0.29, 0.717) is 16.5 Å². The van der Waals surface area contributed by atoms with Crippen LogP contribution in [0.4, 0.5) is 17.6 Å². The number of hydrogen-bond donors (Lipinski definition) is 3. The number of aromatic nitrogens is 1. The van der Waals surface area contributed by atoms with Crippen molar-refractivity contribution in [2.45, 2.75) is 50.3 Å². The molecule has 34 heavy (non-hydrogen) atoms. The van der Waals surface area contributed by atoms with Gasteiger partial charge in [0.05, 0.1) is 7.11 Å². The van der Waals surface area contributed by atoms with Gasteiger partial charge < -0.3 is 20.1 Å². The number of benzene rings is 2. The van der Waals surface area contributed by atoms with E-state index in [-0.39, 0.29) is 22.9 Å². The Bertz CT molecular complexity index is 1200. The van der Waals surface area contributed by atoms with E-state index in [4.69, 9.17) is 4.74 Å². The summed E-state index contributed by atoms with van der Waals surface area (Å²) in [5.74, 6) is -2.11. The summed E-state index contributed by atoms with van der Waals surface area (Å²) in [6.45, 7) is 4.31. The largest absolute Gasteiger partial charge is 0.496 e. The second-order valence-corrected chi connectivity index (χ2v) is 9.15. The highest BCUT2D eigenvalue weighted by Crippen LogP contribution is 2.49. The summed E-state index contributed by atoms with van der Waals surface area (Å²) < 4.78 is 62.4. The molecule has 1 heterocycles. The van der Waals surface area contributed by atoms with Gasteiger partial charge in [0.15, 0.2) is 5.60 Å². The molecule has 2 aromatic carbocycles. The molecule has 5 nitrogen and oxygen atoms in total. The minimum absolute atomic E-state index is 0.158. The van der Waals surface area contributed by atoms with Crippen LogP contribution in [0.2, 0.25) is 0 Å². The van der Waals surface area contributed by atoms with Crippen molar-refractivity contribution in [2.75, 3.05) is 14.2 Å². The number of alkyl halides is 3. The molecule has 0 spiro atoms. The molecule has 0 bridgehead atoms. The molecule has 0 aliphatic heterocycles. The molecule has 3 aromatic rings. The lowest BCUT2D eigenvalue weighted by Crippen LogP contribution is -2.52. The van der Waals surface area contributed by atoms with Crippen LogP contribution in [0.3, 0.4) is 0 Å². The standard InChI is InChI=1S/C25H28F4N2O3/c1-14(20-11-16-10-15(22(32)30-4)6-8-19(16)31-20)24(33,25(27,28)29)13-23(2,3)18-12-17(26)7-9-21(18)34-5/h6-12,14,31,33H,13H2,1-5H3,(H,30,32). The number of ether oxygens (including phenoxy) is 1. The van der Waals surface area contributed by atoms with Crippen molar-refractivity contribution >= 4 is 16.8 Å². The van der Waals surface area contributed by atoms with Crippen LogP contribution in [-0.4, -0.2) is 41.9 Å². The maximum Gasteiger partial charge on any atom is 0.417 e. The number of rotatable bonds is 7. The molecule has 2 unspecified atom stereocenters. The minimum Gasteiger partial charge on any atom is -0.496 e. The van der Waals surface area contributed by atoms with Gasteiger partial charge in [-0.3, -0.25) is 4.79 Å². The summed E-state index contributed by atoms with van der Waals surface area (Å²) in [4.78, 5) is 14.8. The smallest absolute Gasteiger partial charge is 0.417 e. The second kappa shape index (κ2) is 8.94. The monoisotopic (exact) mass is 480 g/mol. The first kappa shape index (κ1) is 25.6. The van der Waals surface area contributed by atoms with E-state index in [0.717, 1.165) is 12.1 Å². The molecule has 0 aliphatic carbocycles. The average Bonchev–Trinajstić information content (AvgIpc) is 3.20. The highest BCUT2D eigenvalue weighted by molar-refractivity contribution is 5.98. The van der Waals surface area contributed by atoms with Gasteiger partial charge >= 0.3 is 6.18 Å². The number of nitrogens with one attached hydrogen (secondary N) is 2. The van der Waals surface area contributed by atoms with E-state index in [1.54, 1.807) is 18.2 Å². The lowest BCUT2D eigenvalue weighted by atomic mass is 9.70. The third kappa shape index (κ3) is 4.61. The lowest BCUT2D eigenvalue weighted by molar-refractivity contribution is -0.274. The first-order valence-electron chi connectivity index (χ1n) is 10.7. The molecule has 184 valence electrons. The molecule has 0 aliphatic rings. The number of aromatic amines is 1. The molecule has 1 aromatic heterocycles. The number of methoxy groups -OCH3 is 1. The molecule has 0 saturated carbocycles. The number of carbonyl (C=O) groups is 1. The van der Waals surface area contributed by atoms with Gasteiger partial charge in [0.1, 0.15) is 11.6 Å². The van der Waals surface area contributed by atoms with Crippen LogP contribution in [-0.2, 0) is 5.41 Å². The Morgan fingerprint density at radius 2 is 1.82 bits per heavy atom.